The van der Waals surface area contributed by atoms with E-state index in [2.05, 4.69) is 10.3 Å². The monoisotopic (exact) mass is 278 g/mol. The van der Waals surface area contributed by atoms with E-state index in [1.807, 2.05) is 31.1 Å². The van der Waals surface area contributed by atoms with Crippen molar-refractivity contribution in [1.82, 2.24) is 15.2 Å². The summed E-state index contributed by atoms with van der Waals surface area (Å²) < 4.78 is 0. The van der Waals surface area contributed by atoms with Gasteiger partial charge >= 0.3 is 6.03 Å². The number of likely N-dealkylation sites (tertiary alicyclic amines) is 1. The van der Waals surface area contributed by atoms with Crippen LogP contribution in [0.5, 0.6) is 0 Å². The Balaban J connectivity index is 1.91. The Labute approximate surface area is 119 Å². The molecular formula is C14H22N4O2. The minimum absolute atomic E-state index is 0.0352. The number of pyridine rings is 1. The lowest BCUT2D eigenvalue weighted by atomic mass is 10.2. The van der Waals surface area contributed by atoms with Gasteiger partial charge in [-0.05, 0) is 30.5 Å². The summed E-state index contributed by atoms with van der Waals surface area (Å²) in [5.41, 5.74) is 1.01. The summed E-state index contributed by atoms with van der Waals surface area (Å²) >= 11 is 0. The summed E-state index contributed by atoms with van der Waals surface area (Å²) in [6.07, 6.45) is 3.58. The molecule has 1 unspecified atom stereocenters. The van der Waals surface area contributed by atoms with E-state index < -0.39 is 0 Å². The maximum absolute atomic E-state index is 12.1. The zero-order valence-electron chi connectivity index (χ0n) is 12.0. The number of nitrogens with one attached hydrogen (secondary N) is 1. The van der Waals surface area contributed by atoms with Gasteiger partial charge in [0, 0.05) is 33.4 Å². The van der Waals surface area contributed by atoms with Gasteiger partial charge in [-0.25, -0.2) is 9.78 Å². The molecule has 1 aliphatic heterocycles. The Morgan fingerprint density at radius 1 is 1.60 bits per heavy atom. The van der Waals surface area contributed by atoms with Gasteiger partial charge in [0.1, 0.15) is 5.82 Å². The number of amides is 2. The van der Waals surface area contributed by atoms with Crippen molar-refractivity contribution >= 4 is 11.8 Å². The van der Waals surface area contributed by atoms with Crippen LogP contribution in [0.1, 0.15) is 18.4 Å². The van der Waals surface area contributed by atoms with Crippen LogP contribution in [0.4, 0.5) is 10.6 Å². The molecule has 0 bridgehead atoms. The molecule has 6 nitrogen and oxygen atoms in total. The number of hydrogen-bond acceptors (Lipinski definition) is 4. The van der Waals surface area contributed by atoms with Crippen LogP contribution in [0.3, 0.4) is 0 Å². The van der Waals surface area contributed by atoms with Crippen LogP contribution in [0.25, 0.3) is 0 Å². The van der Waals surface area contributed by atoms with E-state index in [1.54, 1.807) is 11.1 Å². The second kappa shape index (κ2) is 6.56. The largest absolute Gasteiger partial charge is 0.394 e. The minimum atomic E-state index is -0.107. The maximum atomic E-state index is 12.1. The molecule has 0 saturated carbocycles. The molecule has 2 N–H and O–H groups in total. The molecule has 1 atom stereocenters. The third kappa shape index (κ3) is 3.39. The zero-order chi connectivity index (χ0) is 14.5. The fourth-order valence-corrected chi connectivity index (χ4v) is 2.39. The molecule has 1 saturated heterocycles. The summed E-state index contributed by atoms with van der Waals surface area (Å²) in [6, 6.07) is 3.70. The van der Waals surface area contributed by atoms with Crippen LogP contribution in [0.15, 0.2) is 18.3 Å². The van der Waals surface area contributed by atoms with E-state index in [4.69, 9.17) is 0 Å². The van der Waals surface area contributed by atoms with Crippen LogP contribution in [-0.2, 0) is 6.54 Å². The lowest BCUT2D eigenvalue weighted by Crippen LogP contribution is -2.43. The standard InChI is InChI=1S/C14H22N4O2/c1-17(2)13-8-11(5-6-15-13)9-16-14(20)18-7-3-4-12(18)10-19/h5-6,8,12,19H,3-4,7,9-10H2,1-2H3,(H,16,20). The molecule has 0 aromatic carbocycles. The number of aromatic nitrogens is 1. The second-order valence-electron chi connectivity index (χ2n) is 5.25. The van der Waals surface area contributed by atoms with Crippen molar-refractivity contribution in [1.29, 1.82) is 0 Å². The summed E-state index contributed by atoms with van der Waals surface area (Å²) in [7, 11) is 3.86. The van der Waals surface area contributed by atoms with Gasteiger partial charge in [-0.15, -0.1) is 0 Å². The van der Waals surface area contributed by atoms with E-state index in [-0.39, 0.29) is 18.7 Å². The van der Waals surface area contributed by atoms with Crippen LogP contribution >= 0.6 is 0 Å². The number of aliphatic hydroxyl groups excluding tert-OH is 1. The zero-order valence-corrected chi connectivity index (χ0v) is 12.0. The van der Waals surface area contributed by atoms with Gasteiger partial charge in [0.15, 0.2) is 0 Å². The number of carbonyl (C=O) groups is 1. The molecule has 20 heavy (non-hydrogen) atoms. The Kier molecular flexibility index (Phi) is 4.79. The number of nitrogens with zero attached hydrogens (tertiary/aromatic N) is 3. The average molecular weight is 278 g/mol. The van der Waals surface area contributed by atoms with E-state index in [0.29, 0.717) is 6.54 Å². The first kappa shape index (κ1) is 14.6. The van der Waals surface area contributed by atoms with Crippen molar-refractivity contribution in [2.75, 3.05) is 32.1 Å². The average Bonchev–Trinajstić information content (AvgIpc) is 2.93. The first-order valence-corrected chi connectivity index (χ1v) is 6.89. The molecule has 0 spiro atoms. The van der Waals surface area contributed by atoms with Crippen molar-refractivity contribution in [2.45, 2.75) is 25.4 Å². The van der Waals surface area contributed by atoms with Gasteiger partial charge < -0.3 is 20.2 Å². The van der Waals surface area contributed by atoms with Crippen molar-refractivity contribution in [3.05, 3.63) is 23.9 Å². The topological polar surface area (TPSA) is 68.7 Å². The van der Waals surface area contributed by atoms with E-state index in [0.717, 1.165) is 30.8 Å². The lowest BCUT2D eigenvalue weighted by molar-refractivity contribution is 0.157. The maximum Gasteiger partial charge on any atom is 0.317 e. The molecular weight excluding hydrogens is 256 g/mol. The molecule has 110 valence electrons. The Hall–Kier alpha value is -1.82. The van der Waals surface area contributed by atoms with E-state index >= 15 is 0 Å². The lowest BCUT2D eigenvalue weighted by Gasteiger charge is -2.23. The summed E-state index contributed by atoms with van der Waals surface area (Å²) in [6.45, 7) is 1.22. The van der Waals surface area contributed by atoms with Crippen molar-refractivity contribution in [2.24, 2.45) is 0 Å². The van der Waals surface area contributed by atoms with E-state index in [9.17, 15) is 9.90 Å². The highest BCUT2D eigenvalue weighted by molar-refractivity contribution is 5.74. The predicted octanol–water partition coefficient (Wildman–Crippen LogP) is 0.814. The van der Waals surface area contributed by atoms with Crippen LogP contribution in [0, 0.1) is 0 Å². The fraction of sp³-hybridized carbons (Fsp3) is 0.571. The van der Waals surface area contributed by atoms with E-state index in [1.165, 1.54) is 0 Å². The highest BCUT2D eigenvalue weighted by Gasteiger charge is 2.27. The predicted molar refractivity (Wildman–Crippen MR) is 77.6 cm³/mol. The van der Waals surface area contributed by atoms with Crippen LogP contribution in [0.2, 0.25) is 0 Å². The van der Waals surface area contributed by atoms with Gasteiger partial charge in [-0.3, -0.25) is 0 Å². The Bertz CT molecular complexity index is 464. The first-order valence-electron chi connectivity index (χ1n) is 6.89. The second-order valence-corrected chi connectivity index (χ2v) is 5.25. The summed E-state index contributed by atoms with van der Waals surface area (Å²) in [4.78, 5) is 20.0. The smallest absolute Gasteiger partial charge is 0.317 e. The van der Waals surface area contributed by atoms with Crippen LogP contribution < -0.4 is 10.2 Å². The SMILES string of the molecule is CN(C)c1cc(CNC(=O)N2CCCC2CO)ccn1. The van der Waals surface area contributed by atoms with Crippen molar-refractivity contribution in [3.63, 3.8) is 0 Å². The third-order valence-corrected chi connectivity index (χ3v) is 3.56. The normalized spacial score (nSPS) is 18.1. The molecule has 6 heteroatoms. The number of carbonyl (C=O) groups excluding carboxylic acids is 1. The molecule has 2 rings (SSSR count). The molecule has 0 aliphatic carbocycles. The molecule has 1 fully saturated rings. The third-order valence-electron chi connectivity index (χ3n) is 3.56. The van der Waals surface area contributed by atoms with Gasteiger partial charge in [-0.1, -0.05) is 0 Å². The van der Waals surface area contributed by atoms with Crippen molar-refractivity contribution in [3.8, 4) is 0 Å². The number of rotatable bonds is 4. The highest BCUT2D eigenvalue weighted by atomic mass is 16.3. The molecule has 1 aliphatic rings. The van der Waals surface area contributed by atoms with Gasteiger partial charge in [0.05, 0.1) is 12.6 Å². The number of aliphatic hydroxyl groups is 1. The Morgan fingerprint density at radius 2 is 2.40 bits per heavy atom. The quantitative estimate of drug-likeness (QED) is 0.855. The summed E-state index contributed by atoms with van der Waals surface area (Å²) in [5.74, 6) is 0.867. The van der Waals surface area contributed by atoms with Crippen molar-refractivity contribution < 1.29 is 9.90 Å². The van der Waals surface area contributed by atoms with Crippen LogP contribution in [-0.4, -0.2) is 54.3 Å². The minimum Gasteiger partial charge on any atom is -0.394 e. The Morgan fingerprint density at radius 3 is 3.10 bits per heavy atom. The molecule has 2 amide bonds. The highest BCUT2D eigenvalue weighted by Crippen LogP contribution is 2.16. The number of urea groups is 1. The summed E-state index contributed by atoms with van der Waals surface area (Å²) in [5, 5.41) is 12.1. The van der Waals surface area contributed by atoms with Gasteiger partial charge in [0.2, 0.25) is 0 Å². The fourth-order valence-electron chi connectivity index (χ4n) is 2.39. The number of hydrogen-bond donors (Lipinski definition) is 2. The molecule has 1 aromatic rings. The first-order chi connectivity index (χ1) is 9.61. The molecule has 1 aromatic heterocycles. The molecule has 0 radical (unpaired) electrons. The number of anilines is 1. The molecule has 2 heterocycles. The van der Waals surface area contributed by atoms with Gasteiger partial charge in [0.25, 0.3) is 0 Å². The van der Waals surface area contributed by atoms with Gasteiger partial charge in [-0.2, -0.15) is 0 Å².